The molecule has 0 aliphatic heterocycles. The van der Waals surface area contributed by atoms with Gasteiger partial charge in [0.25, 0.3) is 0 Å². The highest BCUT2D eigenvalue weighted by Gasteiger charge is 2.11. The summed E-state index contributed by atoms with van der Waals surface area (Å²) >= 11 is 9.65. The fraction of sp³-hybridized carbons (Fsp3) is 0.0714. The van der Waals surface area contributed by atoms with E-state index in [2.05, 4.69) is 25.9 Å². The van der Waals surface area contributed by atoms with Gasteiger partial charge in [-0.25, -0.2) is 4.98 Å². The molecule has 0 bridgehead atoms. The Morgan fingerprint density at radius 3 is 2.84 bits per heavy atom. The molecule has 3 N–H and O–H groups in total. The van der Waals surface area contributed by atoms with Gasteiger partial charge in [0, 0.05) is 16.6 Å². The third-order valence-electron chi connectivity index (χ3n) is 3.00. The number of rotatable bonds is 2. The number of para-hydroxylation sites is 1. The van der Waals surface area contributed by atoms with Gasteiger partial charge in [0.15, 0.2) is 0 Å². The second-order valence-electron chi connectivity index (χ2n) is 4.23. The smallest absolute Gasteiger partial charge is 0.140 e. The van der Waals surface area contributed by atoms with Crippen molar-refractivity contribution in [1.29, 1.82) is 0 Å². The molecule has 1 heterocycles. The number of halogens is 2. The van der Waals surface area contributed by atoms with Crippen LogP contribution in [-0.2, 0) is 6.54 Å². The van der Waals surface area contributed by atoms with Crippen LogP contribution in [0.1, 0.15) is 5.56 Å². The molecule has 3 rings (SSSR count). The lowest BCUT2D eigenvalue weighted by atomic mass is 10.2. The van der Waals surface area contributed by atoms with Crippen LogP contribution in [0.5, 0.6) is 0 Å². The molecule has 0 atom stereocenters. The number of aromatic amines is 1. The first kappa shape index (κ1) is 12.7. The van der Waals surface area contributed by atoms with E-state index < -0.39 is 0 Å². The van der Waals surface area contributed by atoms with Gasteiger partial charge in [-0.3, -0.25) is 0 Å². The molecule has 0 aliphatic carbocycles. The zero-order valence-corrected chi connectivity index (χ0v) is 12.3. The maximum Gasteiger partial charge on any atom is 0.140 e. The number of imidazole rings is 1. The summed E-state index contributed by atoms with van der Waals surface area (Å²) < 4.78 is 0.944. The highest BCUT2D eigenvalue weighted by Crippen LogP contribution is 2.30. The quantitative estimate of drug-likeness (QED) is 0.740. The van der Waals surface area contributed by atoms with Gasteiger partial charge in [0.1, 0.15) is 5.82 Å². The average Bonchev–Trinajstić information content (AvgIpc) is 2.81. The van der Waals surface area contributed by atoms with E-state index in [0.717, 1.165) is 32.5 Å². The molecule has 2 aromatic carbocycles. The maximum atomic E-state index is 6.25. The first-order valence-corrected chi connectivity index (χ1v) is 6.99. The van der Waals surface area contributed by atoms with Crippen LogP contribution < -0.4 is 5.73 Å². The maximum absolute atomic E-state index is 6.25. The minimum absolute atomic E-state index is 0.468. The van der Waals surface area contributed by atoms with Crippen molar-refractivity contribution in [2.75, 3.05) is 0 Å². The van der Waals surface area contributed by atoms with E-state index in [1.807, 2.05) is 36.4 Å². The number of nitrogens with zero attached hydrogens (tertiary/aromatic N) is 1. The second kappa shape index (κ2) is 4.96. The first-order chi connectivity index (χ1) is 9.19. The molecular formula is C14H11BrClN3. The summed E-state index contributed by atoms with van der Waals surface area (Å²) in [6.07, 6.45) is 0. The van der Waals surface area contributed by atoms with Gasteiger partial charge < -0.3 is 10.7 Å². The minimum atomic E-state index is 0.468. The molecule has 0 saturated heterocycles. The summed E-state index contributed by atoms with van der Waals surface area (Å²) in [5, 5.41) is 0.655. The molecule has 0 amide bonds. The van der Waals surface area contributed by atoms with E-state index in [1.165, 1.54) is 0 Å². The molecule has 19 heavy (non-hydrogen) atoms. The van der Waals surface area contributed by atoms with Crippen LogP contribution in [0.25, 0.3) is 22.4 Å². The summed E-state index contributed by atoms with van der Waals surface area (Å²) in [6, 6.07) is 11.7. The Bertz CT molecular complexity index is 752. The monoisotopic (exact) mass is 335 g/mol. The molecule has 3 aromatic rings. The summed E-state index contributed by atoms with van der Waals surface area (Å²) in [5.41, 5.74) is 9.50. The van der Waals surface area contributed by atoms with Crippen molar-refractivity contribution in [3.05, 3.63) is 51.5 Å². The third-order valence-corrected chi connectivity index (χ3v) is 3.81. The van der Waals surface area contributed by atoms with Gasteiger partial charge in [-0.05, 0) is 29.8 Å². The summed E-state index contributed by atoms with van der Waals surface area (Å²) in [5.74, 6) is 0.758. The third kappa shape index (κ3) is 2.27. The Balaban J connectivity index is 2.20. The average molecular weight is 337 g/mol. The zero-order chi connectivity index (χ0) is 13.4. The fourth-order valence-corrected chi connectivity index (χ4v) is 2.83. The number of nitrogens with two attached hydrogens (primary N) is 1. The van der Waals surface area contributed by atoms with Crippen LogP contribution in [0, 0.1) is 0 Å². The zero-order valence-electron chi connectivity index (χ0n) is 9.95. The number of aromatic nitrogens is 2. The van der Waals surface area contributed by atoms with E-state index in [1.54, 1.807) is 0 Å². The number of hydrogen-bond donors (Lipinski definition) is 2. The Morgan fingerprint density at radius 1 is 1.26 bits per heavy atom. The molecule has 0 spiro atoms. The van der Waals surface area contributed by atoms with Crippen molar-refractivity contribution < 1.29 is 0 Å². The van der Waals surface area contributed by atoms with Gasteiger partial charge in [0.2, 0.25) is 0 Å². The van der Waals surface area contributed by atoms with Gasteiger partial charge in [-0.15, -0.1) is 0 Å². The Morgan fingerprint density at radius 2 is 2.11 bits per heavy atom. The second-order valence-corrected chi connectivity index (χ2v) is 5.55. The predicted octanol–water partition coefficient (Wildman–Crippen LogP) is 4.10. The van der Waals surface area contributed by atoms with Crippen molar-refractivity contribution in [3.63, 3.8) is 0 Å². The largest absolute Gasteiger partial charge is 0.338 e. The molecule has 0 fully saturated rings. The van der Waals surface area contributed by atoms with Crippen LogP contribution >= 0.6 is 27.5 Å². The number of hydrogen-bond acceptors (Lipinski definition) is 2. The number of benzene rings is 2. The van der Waals surface area contributed by atoms with Gasteiger partial charge in [-0.2, -0.15) is 0 Å². The summed E-state index contributed by atoms with van der Waals surface area (Å²) in [4.78, 5) is 7.89. The molecule has 1 aromatic heterocycles. The molecular weight excluding hydrogens is 326 g/mol. The van der Waals surface area contributed by atoms with E-state index in [9.17, 15) is 0 Å². The number of nitrogens with one attached hydrogen (secondary N) is 1. The van der Waals surface area contributed by atoms with Crippen LogP contribution in [0.3, 0.4) is 0 Å². The SMILES string of the molecule is NCc1cccc2[nH]c(-c3ccc(Br)cc3Cl)nc12. The standard InChI is InChI=1S/C14H11BrClN3/c15-9-4-5-10(11(16)6-9)14-18-12-3-1-2-8(7-17)13(12)19-14/h1-6H,7,17H2,(H,18,19). The van der Waals surface area contributed by atoms with Crippen LogP contribution in [0.2, 0.25) is 5.02 Å². The van der Waals surface area contributed by atoms with Gasteiger partial charge in [0.05, 0.1) is 16.1 Å². The van der Waals surface area contributed by atoms with Crippen LogP contribution in [-0.4, -0.2) is 9.97 Å². The highest BCUT2D eigenvalue weighted by molar-refractivity contribution is 9.10. The molecule has 3 nitrogen and oxygen atoms in total. The van der Waals surface area contributed by atoms with Crippen LogP contribution in [0.15, 0.2) is 40.9 Å². The topological polar surface area (TPSA) is 54.7 Å². The molecule has 5 heteroatoms. The lowest BCUT2D eigenvalue weighted by Crippen LogP contribution is -1.96. The Labute approximate surface area is 123 Å². The minimum Gasteiger partial charge on any atom is -0.338 e. The summed E-state index contributed by atoms with van der Waals surface area (Å²) in [6.45, 7) is 0.468. The van der Waals surface area contributed by atoms with Crippen molar-refractivity contribution >= 4 is 38.6 Å². The molecule has 0 unspecified atom stereocenters. The first-order valence-electron chi connectivity index (χ1n) is 5.82. The van der Waals surface area contributed by atoms with Crippen molar-refractivity contribution in [2.24, 2.45) is 5.73 Å². The van der Waals surface area contributed by atoms with Crippen LogP contribution in [0.4, 0.5) is 0 Å². The fourth-order valence-electron chi connectivity index (χ4n) is 2.07. The number of fused-ring (bicyclic) bond motifs is 1. The lowest BCUT2D eigenvalue weighted by molar-refractivity contribution is 1.08. The van der Waals surface area contributed by atoms with Gasteiger partial charge >= 0.3 is 0 Å². The molecule has 0 aliphatic rings. The molecule has 0 radical (unpaired) electrons. The van der Waals surface area contributed by atoms with E-state index in [4.69, 9.17) is 17.3 Å². The van der Waals surface area contributed by atoms with Crippen molar-refractivity contribution in [3.8, 4) is 11.4 Å². The Hall–Kier alpha value is -1.36. The number of H-pyrrole nitrogens is 1. The van der Waals surface area contributed by atoms with E-state index in [0.29, 0.717) is 11.6 Å². The molecule has 0 saturated carbocycles. The molecule has 96 valence electrons. The van der Waals surface area contributed by atoms with E-state index >= 15 is 0 Å². The van der Waals surface area contributed by atoms with E-state index in [-0.39, 0.29) is 0 Å². The Kier molecular flexibility index (Phi) is 3.31. The van der Waals surface area contributed by atoms with Crippen molar-refractivity contribution in [2.45, 2.75) is 6.54 Å². The lowest BCUT2D eigenvalue weighted by Gasteiger charge is -2.00. The normalized spacial score (nSPS) is 11.1. The van der Waals surface area contributed by atoms with Gasteiger partial charge in [-0.1, -0.05) is 39.7 Å². The summed E-state index contributed by atoms with van der Waals surface area (Å²) in [7, 11) is 0. The van der Waals surface area contributed by atoms with Crippen molar-refractivity contribution in [1.82, 2.24) is 9.97 Å². The highest BCUT2D eigenvalue weighted by atomic mass is 79.9. The predicted molar refractivity (Wildman–Crippen MR) is 82.1 cm³/mol.